The van der Waals surface area contributed by atoms with E-state index in [2.05, 4.69) is 20.4 Å². The molecule has 3 atom stereocenters. The average molecular weight is 295 g/mol. The maximum absolute atomic E-state index is 12.1. The summed E-state index contributed by atoms with van der Waals surface area (Å²) >= 11 is 0. The first kappa shape index (κ1) is 15.8. The normalized spacial score (nSPS) is 28.2. The first-order valence-corrected chi connectivity index (χ1v) is 7.44. The fraction of sp³-hybridized carbons (Fsp3) is 0.733. The van der Waals surface area contributed by atoms with Crippen molar-refractivity contribution < 1.29 is 14.7 Å². The lowest BCUT2D eigenvalue weighted by molar-refractivity contribution is -0.138. The molecule has 0 aromatic rings. The van der Waals surface area contributed by atoms with Gasteiger partial charge in [0.25, 0.3) is 0 Å². The third-order valence-corrected chi connectivity index (χ3v) is 4.52. The van der Waals surface area contributed by atoms with Gasteiger partial charge >= 0.3 is 0 Å². The molecule has 2 saturated heterocycles. The van der Waals surface area contributed by atoms with Gasteiger partial charge in [-0.15, -0.1) is 0 Å². The van der Waals surface area contributed by atoms with Crippen LogP contribution >= 0.6 is 0 Å². The molecule has 0 aromatic carbocycles. The van der Waals surface area contributed by atoms with Gasteiger partial charge in [0.05, 0.1) is 11.6 Å². The average Bonchev–Trinajstić information content (AvgIpc) is 2.67. The molecule has 2 rings (SSSR count). The lowest BCUT2D eigenvalue weighted by Gasteiger charge is -2.58. The third-order valence-electron chi connectivity index (χ3n) is 4.52. The molecule has 2 fully saturated rings. The molecule has 6 heteroatoms. The second-order valence-corrected chi connectivity index (χ2v) is 6.59. The fourth-order valence-corrected chi connectivity index (χ4v) is 3.49. The number of hydrogen-bond acceptors (Lipinski definition) is 4. The minimum absolute atomic E-state index is 0.136. The topological polar surface area (TPSA) is 86.9 Å². The van der Waals surface area contributed by atoms with Gasteiger partial charge in [-0.3, -0.25) is 9.59 Å². The highest BCUT2D eigenvalue weighted by Crippen LogP contribution is 2.47. The Morgan fingerprint density at radius 2 is 2.10 bits per heavy atom. The Morgan fingerprint density at radius 1 is 1.48 bits per heavy atom. The zero-order valence-corrected chi connectivity index (χ0v) is 13.0. The smallest absolute Gasteiger partial charge is 0.242 e. The zero-order valence-electron chi connectivity index (χ0n) is 13.0. The highest BCUT2D eigenvalue weighted by atomic mass is 16.3. The molecule has 3 N–H and O–H groups in total. The van der Waals surface area contributed by atoms with E-state index in [9.17, 15) is 14.7 Å². The zero-order chi connectivity index (χ0) is 15.9. The van der Waals surface area contributed by atoms with Crippen LogP contribution in [0.5, 0.6) is 0 Å². The van der Waals surface area contributed by atoms with Crippen LogP contribution in [0.4, 0.5) is 0 Å². The molecule has 0 aliphatic carbocycles. The van der Waals surface area contributed by atoms with E-state index >= 15 is 0 Å². The molecule has 0 aromatic heterocycles. The largest absolute Gasteiger partial charge is 0.391 e. The fourth-order valence-electron chi connectivity index (χ4n) is 3.49. The van der Waals surface area contributed by atoms with Crippen LogP contribution in [0.25, 0.3) is 0 Å². The summed E-state index contributed by atoms with van der Waals surface area (Å²) in [4.78, 5) is 27.3. The standard InChI is InChI=1S/C15H25N3O3/c1-9(2)7-18-12(20)5-6-15(18)8-17(11(15)4)13(10(3)19)14(16)21/h9-10,13,19H,4-8H2,1-3H3,(H2,16,21)/t10-,13+,15?/m1/s1. The van der Waals surface area contributed by atoms with E-state index in [0.29, 0.717) is 25.4 Å². The molecule has 118 valence electrons. The van der Waals surface area contributed by atoms with Crippen molar-refractivity contribution in [2.24, 2.45) is 11.7 Å². The highest BCUT2D eigenvalue weighted by Gasteiger charge is 2.58. The molecule has 2 aliphatic rings. The predicted molar refractivity (Wildman–Crippen MR) is 79.0 cm³/mol. The Balaban J connectivity index is 2.19. The SMILES string of the molecule is C=C1N([C@H](C(N)=O)[C@@H](C)O)CC12CCC(=O)N2CC(C)C. The number of carbonyl (C=O) groups is 2. The van der Waals surface area contributed by atoms with Gasteiger partial charge in [-0.05, 0) is 19.3 Å². The van der Waals surface area contributed by atoms with Gasteiger partial charge in [0.2, 0.25) is 11.8 Å². The Bertz CT molecular complexity index is 475. The number of nitrogens with zero attached hydrogens (tertiary/aromatic N) is 2. The van der Waals surface area contributed by atoms with Gasteiger partial charge in [-0.1, -0.05) is 20.4 Å². The Labute approximate surface area is 125 Å². The number of aliphatic hydroxyl groups is 1. The molecule has 2 aliphatic heterocycles. The van der Waals surface area contributed by atoms with Gasteiger partial charge in [0.1, 0.15) is 6.04 Å². The quantitative estimate of drug-likeness (QED) is 0.751. The summed E-state index contributed by atoms with van der Waals surface area (Å²) in [5.41, 5.74) is 5.71. The van der Waals surface area contributed by atoms with E-state index in [4.69, 9.17) is 5.73 Å². The number of carbonyl (C=O) groups excluding carboxylic acids is 2. The van der Waals surface area contributed by atoms with E-state index < -0.39 is 18.1 Å². The molecule has 1 spiro atoms. The summed E-state index contributed by atoms with van der Waals surface area (Å²) in [6.45, 7) is 10.9. The summed E-state index contributed by atoms with van der Waals surface area (Å²) in [5, 5.41) is 9.77. The lowest BCUT2D eigenvalue weighted by Crippen LogP contribution is -2.71. The van der Waals surface area contributed by atoms with Crippen molar-refractivity contribution >= 4 is 11.8 Å². The molecule has 0 saturated carbocycles. The molecule has 2 heterocycles. The molecule has 2 amide bonds. The number of amides is 2. The monoisotopic (exact) mass is 295 g/mol. The van der Waals surface area contributed by atoms with E-state index in [1.54, 1.807) is 11.8 Å². The first-order valence-electron chi connectivity index (χ1n) is 7.44. The second-order valence-electron chi connectivity index (χ2n) is 6.59. The van der Waals surface area contributed by atoms with Crippen LogP contribution < -0.4 is 5.73 Å². The Morgan fingerprint density at radius 3 is 2.52 bits per heavy atom. The van der Waals surface area contributed by atoms with Gasteiger partial charge in [-0.25, -0.2) is 0 Å². The number of rotatable bonds is 5. The van der Waals surface area contributed by atoms with Gasteiger partial charge in [0.15, 0.2) is 0 Å². The van der Waals surface area contributed by atoms with Crippen molar-refractivity contribution in [2.75, 3.05) is 13.1 Å². The van der Waals surface area contributed by atoms with Crippen molar-refractivity contribution in [1.29, 1.82) is 0 Å². The van der Waals surface area contributed by atoms with Crippen LogP contribution in [0.2, 0.25) is 0 Å². The van der Waals surface area contributed by atoms with E-state index in [1.807, 2.05) is 4.90 Å². The maximum atomic E-state index is 12.1. The van der Waals surface area contributed by atoms with Crippen LogP contribution in [0.3, 0.4) is 0 Å². The van der Waals surface area contributed by atoms with Crippen LogP contribution in [-0.4, -0.2) is 57.5 Å². The van der Waals surface area contributed by atoms with Crippen molar-refractivity contribution in [3.05, 3.63) is 12.3 Å². The molecule has 1 unspecified atom stereocenters. The third kappa shape index (κ3) is 2.41. The van der Waals surface area contributed by atoms with Crippen LogP contribution in [0.15, 0.2) is 12.3 Å². The summed E-state index contributed by atoms with van der Waals surface area (Å²) in [5.74, 6) is -0.0626. The summed E-state index contributed by atoms with van der Waals surface area (Å²) in [6.07, 6.45) is 0.363. The second kappa shape index (κ2) is 5.33. The van der Waals surface area contributed by atoms with E-state index in [-0.39, 0.29) is 11.4 Å². The van der Waals surface area contributed by atoms with Gasteiger partial charge in [0, 0.05) is 25.2 Å². The summed E-state index contributed by atoms with van der Waals surface area (Å²) in [7, 11) is 0. The Hall–Kier alpha value is -1.56. The number of primary amides is 1. The van der Waals surface area contributed by atoms with E-state index in [1.165, 1.54) is 0 Å². The summed E-state index contributed by atoms with van der Waals surface area (Å²) < 4.78 is 0. The van der Waals surface area contributed by atoms with E-state index in [0.717, 1.165) is 12.1 Å². The van der Waals surface area contributed by atoms with Gasteiger partial charge < -0.3 is 20.6 Å². The summed E-state index contributed by atoms with van der Waals surface area (Å²) in [6, 6.07) is -0.778. The molecule has 0 bridgehead atoms. The number of hydrogen-bond donors (Lipinski definition) is 2. The maximum Gasteiger partial charge on any atom is 0.242 e. The number of aliphatic hydroxyl groups excluding tert-OH is 1. The van der Waals surface area contributed by atoms with Crippen LogP contribution in [-0.2, 0) is 9.59 Å². The molecule has 21 heavy (non-hydrogen) atoms. The minimum atomic E-state index is -0.868. The first-order chi connectivity index (χ1) is 9.70. The Kier molecular flexibility index (Phi) is 4.02. The van der Waals surface area contributed by atoms with Crippen LogP contribution in [0.1, 0.15) is 33.6 Å². The highest BCUT2D eigenvalue weighted by molar-refractivity contribution is 5.83. The molecular formula is C15H25N3O3. The number of nitrogens with two attached hydrogens (primary N) is 1. The lowest BCUT2D eigenvalue weighted by atomic mass is 9.80. The molecule has 6 nitrogen and oxygen atoms in total. The predicted octanol–water partition coefficient (Wildman–Crippen LogP) is 0.0676. The van der Waals surface area contributed by atoms with Gasteiger partial charge in [-0.2, -0.15) is 0 Å². The van der Waals surface area contributed by atoms with Crippen molar-refractivity contribution in [3.63, 3.8) is 0 Å². The minimum Gasteiger partial charge on any atom is -0.391 e. The van der Waals surface area contributed by atoms with Crippen molar-refractivity contribution in [1.82, 2.24) is 9.80 Å². The van der Waals surface area contributed by atoms with Crippen LogP contribution in [0, 0.1) is 5.92 Å². The molecule has 0 radical (unpaired) electrons. The number of likely N-dealkylation sites (tertiary alicyclic amines) is 2. The van der Waals surface area contributed by atoms with Crippen molar-refractivity contribution in [3.8, 4) is 0 Å². The van der Waals surface area contributed by atoms with Crippen molar-refractivity contribution in [2.45, 2.75) is 51.3 Å². The molecular weight excluding hydrogens is 270 g/mol.